The molecule has 1 atom stereocenters. The van der Waals surface area contributed by atoms with Gasteiger partial charge in [-0.3, -0.25) is 0 Å². The maximum Gasteiger partial charge on any atom is 0.185 e. The first-order valence-corrected chi connectivity index (χ1v) is 6.90. The van der Waals surface area contributed by atoms with E-state index in [4.69, 9.17) is 0 Å². The maximum absolute atomic E-state index is 2.52. The third-order valence-electron chi connectivity index (χ3n) is 3.86. The molecule has 1 saturated heterocycles. The van der Waals surface area contributed by atoms with Crippen LogP contribution in [0.25, 0.3) is 0 Å². The molecule has 0 aromatic heterocycles. The summed E-state index contributed by atoms with van der Waals surface area (Å²) >= 11 is 0. The molecule has 2 aromatic carbocycles. The number of benzene rings is 2. The van der Waals surface area contributed by atoms with E-state index in [1.807, 2.05) is 0 Å². The van der Waals surface area contributed by atoms with Gasteiger partial charge in [-0.15, -0.1) is 0 Å². The SMILES string of the molecule is BN1CCN(c2ccccc2)[C@H](c2ccccc2)C1. The lowest BCUT2D eigenvalue weighted by atomic mass is 9.99. The third-order valence-corrected chi connectivity index (χ3v) is 3.86. The van der Waals surface area contributed by atoms with Crippen molar-refractivity contribution in [2.75, 3.05) is 24.5 Å². The van der Waals surface area contributed by atoms with Crippen molar-refractivity contribution in [2.24, 2.45) is 0 Å². The van der Waals surface area contributed by atoms with Gasteiger partial charge in [-0.1, -0.05) is 48.5 Å². The van der Waals surface area contributed by atoms with Gasteiger partial charge in [0.1, 0.15) is 0 Å². The van der Waals surface area contributed by atoms with Crippen molar-refractivity contribution in [3.05, 3.63) is 66.2 Å². The Morgan fingerprint density at radius 1 is 0.842 bits per heavy atom. The van der Waals surface area contributed by atoms with Gasteiger partial charge >= 0.3 is 0 Å². The zero-order valence-corrected chi connectivity index (χ0v) is 11.4. The van der Waals surface area contributed by atoms with Crippen LogP contribution in [0.15, 0.2) is 60.7 Å². The quantitative estimate of drug-likeness (QED) is 0.753. The Balaban J connectivity index is 1.93. The molecule has 0 unspecified atom stereocenters. The van der Waals surface area contributed by atoms with Crippen LogP contribution in [0.1, 0.15) is 11.6 Å². The van der Waals surface area contributed by atoms with Crippen LogP contribution >= 0.6 is 0 Å². The molecular formula is C16H19BN2. The fourth-order valence-electron chi connectivity index (χ4n) is 2.81. The smallest absolute Gasteiger partial charge is 0.185 e. The lowest BCUT2D eigenvalue weighted by molar-refractivity contribution is 0.353. The summed E-state index contributed by atoms with van der Waals surface area (Å²) in [5.41, 5.74) is 2.72. The highest BCUT2D eigenvalue weighted by Gasteiger charge is 2.26. The van der Waals surface area contributed by atoms with E-state index in [0.29, 0.717) is 6.04 Å². The topological polar surface area (TPSA) is 6.48 Å². The number of piperazine rings is 1. The maximum atomic E-state index is 2.52. The zero-order valence-electron chi connectivity index (χ0n) is 11.4. The molecule has 0 saturated carbocycles. The lowest BCUT2D eigenvalue weighted by Gasteiger charge is -2.42. The van der Waals surface area contributed by atoms with Gasteiger partial charge in [0.15, 0.2) is 7.98 Å². The molecular weight excluding hydrogens is 231 g/mol. The Morgan fingerprint density at radius 3 is 2.16 bits per heavy atom. The summed E-state index contributed by atoms with van der Waals surface area (Å²) in [6.07, 6.45) is 0. The van der Waals surface area contributed by atoms with Gasteiger partial charge in [0.2, 0.25) is 0 Å². The van der Waals surface area contributed by atoms with Crippen molar-refractivity contribution in [3.8, 4) is 0 Å². The largest absolute Gasteiger partial charge is 0.362 e. The minimum atomic E-state index is 0.447. The molecule has 1 heterocycles. The average molecular weight is 250 g/mol. The lowest BCUT2D eigenvalue weighted by Crippen LogP contribution is -2.47. The summed E-state index contributed by atoms with van der Waals surface area (Å²) in [5.74, 6) is 0. The van der Waals surface area contributed by atoms with E-state index in [1.165, 1.54) is 11.3 Å². The summed E-state index contributed by atoms with van der Waals surface area (Å²) in [5, 5.41) is 0. The van der Waals surface area contributed by atoms with Crippen LogP contribution in [-0.4, -0.2) is 32.4 Å². The van der Waals surface area contributed by atoms with Crippen molar-refractivity contribution >= 4 is 13.7 Å². The molecule has 2 nitrogen and oxygen atoms in total. The van der Waals surface area contributed by atoms with Crippen LogP contribution in [-0.2, 0) is 0 Å². The molecule has 3 heteroatoms. The minimum absolute atomic E-state index is 0.447. The zero-order chi connectivity index (χ0) is 13.1. The molecule has 3 rings (SSSR count). The monoisotopic (exact) mass is 250 g/mol. The summed E-state index contributed by atoms with van der Waals surface area (Å²) in [4.78, 5) is 4.94. The van der Waals surface area contributed by atoms with Crippen molar-refractivity contribution < 1.29 is 0 Å². The molecule has 1 aliphatic rings. The summed E-state index contributed by atoms with van der Waals surface area (Å²) in [6.45, 7) is 3.29. The summed E-state index contributed by atoms with van der Waals surface area (Å²) in [7, 11) is 2.21. The van der Waals surface area contributed by atoms with Gasteiger partial charge in [0.05, 0.1) is 6.04 Å². The van der Waals surface area contributed by atoms with E-state index >= 15 is 0 Å². The van der Waals surface area contributed by atoms with E-state index < -0.39 is 0 Å². The van der Waals surface area contributed by atoms with E-state index in [-0.39, 0.29) is 0 Å². The molecule has 1 aliphatic heterocycles. The minimum Gasteiger partial charge on any atom is -0.362 e. The highest BCUT2D eigenvalue weighted by molar-refractivity contribution is 6.04. The second-order valence-electron chi connectivity index (χ2n) is 5.22. The first-order valence-electron chi connectivity index (χ1n) is 6.90. The van der Waals surface area contributed by atoms with Crippen LogP contribution in [0.3, 0.4) is 0 Å². The van der Waals surface area contributed by atoms with Crippen molar-refractivity contribution in [1.82, 2.24) is 4.81 Å². The number of anilines is 1. The Kier molecular flexibility index (Phi) is 3.56. The number of hydrogen-bond donors (Lipinski definition) is 0. The van der Waals surface area contributed by atoms with E-state index in [1.54, 1.807) is 0 Å². The van der Waals surface area contributed by atoms with Crippen LogP contribution < -0.4 is 4.90 Å². The first-order chi connectivity index (χ1) is 9.34. The molecule has 0 radical (unpaired) electrons. The van der Waals surface area contributed by atoms with E-state index in [0.717, 1.165) is 19.6 Å². The Morgan fingerprint density at radius 2 is 1.47 bits per heavy atom. The predicted octanol–water partition coefficient (Wildman–Crippen LogP) is 2.10. The third kappa shape index (κ3) is 2.66. The van der Waals surface area contributed by atoms with Crippen molar-refractivity contribution in [1.29, 1.82) is 0 Å². The van der Waals surface area contributed by atoms with Gasteiger partial charge in [-0.2, -0.15) is 0 Å². The van der Waals surface area contributed by atoms with Gasteiger partial charge in [-0.05, 0) is 17.7 Å². The van der Waals surface area contributed by atoms with Gasteiger partial charge in [0, 0.05) is 25.3 Å². The number of para-hydroxylation sites is 1. The Labute approximate surface area is 116 Å². The molecule has 0 aliphatic carbocycles. The van der Waals surface area contributed by atoms with Crippen molar-refractivity contribution in [3.63, 3.8) is 0 Å². The fourth-order valence-corrected chi connectivity index (χ4v) is 2.81. The highest BCUT2D eigenvalue weighted by atomic mass is 15.3. The molecule has 96 valence electrons. The summed E-state index contributed by atoms with van der Waals surface area (Å²) < 4.78 is 0. The van der Waals surface area contributed by atoms with E-state index in [9.17, 15) is 0 Å². The molecule has 0 bridgehead atoms. The fraction of sp³-hybridized carbons (Fsp3) is 0.250. The van der Waals surface area contributed by atoms with Gasteiger partial charge < -0.3 is 9.71 Å². The van der Waals surface area contributed by atoms with Crippen LogP contribution in [0, 0.1) is 0 Å². The predicted molar refractivity (Wildman–Crippen MR) is 83.1 cm³/mol. The number of rotatable bonds is 2. The highest BCUT2D eigenvalue weighted by Crippen LogP contribution is 2.29. The van der Waals surface area contributed by atoms with Crippen molar-refractivity contribution in [2.45, 2.75) is 6.04 Å². The number of hydrogen-bond acceptors (Lipinski definition) is 2. The molecule has 0 spiro atoms. The molecule has 19 heavy (non-hydrogen) atoms. The van der Waals surface area contributed by atoms with Crippen LogP contribution in [0.4, 0.5) is 5.69 Å². The number of nitrogens with zero attached hydrogens (tertiary/aromatic N) is 2. The molecule has 0 amide bonds. The normalized spacial score (nSPS) is 20.4. The van der Waals surface area contributed by atoms with Gasteiger partial charge in [0.25, 0.3) is 0 Å². The van der Waals surface area contributed by atoms with Gasteiger partial charge in [-0.25, -0.2) is 0 Å². The first kappa shape index (κ1) is 12.3. The molecule has 2 aromatic rings. The molecule has 0 N–H and O–H groups in total. The second kappa shape index (κ2) is 5.49. The van der Waals surface area contributed by atoms with Crippen LogP contribution in [0.5, 0.6) is 0 Å². The Bertz CT molecular complexity index is 515. The summed E-state index contributed by atoms with van der Waals surface area (Å²) in [6, 6.07) is 22.0. The second-order valence-corrected chi connectivity index (χ2v) is 5.22. The average Bonchev–Trinajstić information content (AvgIpc) is 2.49. The molecule has 1 fully saturated rings. The van der Waals surface area contributed by atoms with E-state index in [2.05, 4.69) is 78.4 Å². The van der Waals surface area contributed by atoms with Crippen LogP contribution in [0.2, 0.25) is 0 Å². The standard InChI is InChI=1S/C16H19BN2/c17-18-11-12-19(15-9-5-2-6-10-15)16(13-18)14-7-3-1-4-8-14/h1-10,16H,11-13,17H2/t16-/m0/s1. The Hall–Kier alpha value is -1.74.